The van der Waals surface area contributed by atoms with Crippen LogP contribution in [0.4, 0.5) is 13.2 Å². The van der Waals surface area contributed by atoms with E-state index in [1.165, 1.54) is 34.8 Å². The number of hydrogen-bond donors (Lipinski definition) is 0. The van der Waals surface area contributed by atoms with Gasteiger partial charge >= 0.3 is 6.18 Å². The van der Waals surface area contributed by atoms with E-state index >= 15 is 0 Å². The van der Waals surface area contributed by atoms with Gasteiger partial charge in [0.25, 0.3) is 5.56 Å². The highest BCUT2D eigenvalue weighted by Crippen LogP contribution is 2.31. The summed E-state index contributed by atoms with van der Waals surface area (Å²) in [6.07, 6.45) is -2.88. The zero-order chi connectivity index (χ0) is 24.4. The lowest BCUT2D eigenvalue weighted by molar-refractivity contribution is -0.137. The summed E-state index contributed by atoms with van der Waals surface area (Å²) >= 11 is 1.35. The molecule has 10 heteroatoms. The Hall–Kier alpha value is -3.92. The molecule has 0 fully saturated rings. The summed E-state index contributed by atoms with van der Waals surface area (Å²) < 4.78 is 41.9. The monoisotopic (exact) mass is 493 g/mol. The number of fused-ring (bicyclic) bond motifs is 1. The quantitative estimate of drug-likeness (QED) is 0.299. The van der Waals surface area contributed by atoms with E-state index in [1.54, 1.807) is 18.2 Å². The van der Waals surface area contributed by atoms with Crippen LogP contribution in [0.5, 0.6) is 0 Å². The highest BCUT2D eigenvalue weighted by Gasteiger charge is 2.30. The van der Waals surface area contributed by atoms with E-state index in [1.807, 2.05) is 41.0 Å². The number of rotatable bonds is 6. The average molecular weight is 494 g/mol. The van der Waals surface area contributed by atoms with Crippen molar-refractivity contribution in [2.75, 3.05) is 0 Å². The van der Waals surface area contributed by atoms with Gasteiger partial charge in [0.05, 0.1) is 29.3 Å². The van der Waals surface area contributed by atoms with Gasteiger partial charge in [0.2, 0.25) is 0 Å². The van der Waals surface area contributed by atoms with Crippen molar-refractivity contribution in [1.29, 1.82) is 0 Å². The fourth-order valence-electron chi connectivity index (χ4n) is 3.64. The van der Waals surface area contributed by atoms with Gasteiger partial charge in [-0.1, -0.05) is 54.2 Å². The van der Waals surface area contributed by atoms with Crippen LogP contribution in [0.15, 0.2) is 95.1 Å². The zero-order valence-electron chi connectivity index (χ0n) is 18.2. The number of thioether (sulfide) groups is 1. The molecule has 0 aliphatic rings. The second kappa shape index (κ2) is 9.38. The normalized spacial score (nSPS) is 11.7. The maximum absolute atomic E-state index is 13.0. The Balaban J connectivity index is 1.46. The van der Waals surface area contributed by atoms with E-state index in [0.717, 1.165) is 23.4 Å². The molecule has 5 aromatic rings. The van der Waals surface area contributed by atoms with Crippen LogP contribution in [-0.2, 0) is 18.5 Å². The Labute approximate surface area is 202 Å². The van der Waals surface area contributed by atoms with Gasteiger partial charge in [-0.2, -0.15) is 13.2 Å². The van der Waals surface area contributed by atoms with E-state index in [0.29, 0.717) is 27.6 Å². The molecule has 176 valence electrons. The number of benzene rings is 3. The number of halogens is 3. The number of para-hydroxylation sites is 2. The van der Waals surface area contributed by atoms with Crippen LogP contribution in [0, 0.1) is 0 Å². The van der Waals surface area contributed by atoms with Crippen molar-refractivity contribution in [3.63, 3.8) is 0 Å². The van der Waals surface area contributed by atoms with Crippen LogP contribution in [0.25, 0.3) is 16.6 Å². The molecular weight excluding hydrogens is 475 g/mol. The molecule has 3 aromatic carbocycles. The maximum Gasteiger partial charge on any atom is 0.416 e. The zero-order valence-corrected chi connectivity index (χ0v) is 19.0. The average Bonchev–Trinajstić information content (AvgIpc) is 3.27. The van der Waals surface area contributed by atoms with Crippen molar-refractivity contribution in [1.82, 2.24) is 24.3 Å². The molecule has 2 aromatic heterocycles. The molecule has 0 aliphatic heterocycles. The molecule has 0 saturated heterocycles. The number of nitrogens with zero attached hydrogens (tertiary/aromatic N) is 5. The minimum absolute atomic E-state index is 0.152. The summed E-state index contributed by atoms with van der Waals surface area (Å²) in [6, 6.07) is 21.6. The lowest BCUT2D eigenvalue weighted by atomic mass is 10.1. The smallest absolute Gasteiger partial charge is 0.291 e. The largest absolute Gasteiger partial charge is 0.416 e. The fraction of sp³-hybridized carbons (Fsp3) is 0.120. The van der Waals surface area contributed by atoms with Crippen LogP contribution in [0.2, 0.25) is 0 Å². The fourth-order valence-corrected chi connectivity index (χ4v) is 4.57. The second-order valence-electron chi connectivity index (χ2n) is 7.75. The Morgan fingerprint density at radius 1 is 0.857 bits per heavy atom. The third-order valence-electron chi connectivity index (χ3n) is 5.41. The van der Waals surface area contributed by atoms with Crippen LogP contribution >= 0.6 is 11.8 Å². The molecule has 5 rings (SSSR count). The Bertz CT molecular complexity index is 1530. The van der Waals surface area contributed by atoms with Crippen molar-refractivity contribution in [3.05, 3.63) is 112 Å². The summed E-state index contributed by atoms with van der Waals surface area (Å²) in [5.41, 5.74) is 1.28. The standard InChI is InChI=1S/C25H18F3N5OS/c26-25(27,28)18-12-10-17(11-13-18)15-35-24-31-30-22(33(24)19-6-2-1-3-7-19)14-32-16-29-21-9-5-4-8-20(21)23(32)34/h1-13,16H,14-15H2. The highest BCUT2D eigenvalue weighted by atomic mass is 32.2. The van der Waals surface area contributed by atoms with Gasteiger partial charge in [0.15, 0.2) is 11.0 Å². The first kappa shape index (κ1) is 22.9. The van der Waals surface area contributed by atoms with Crippen LogP contribution in [0.1, 0.15) is 17.0 Å². The highest BCUT2D eigenvalue weighted by molar-refractivity contribution is 7.98. The van der Waals surface area contributed by atoms with E-state index in [4.69, 9.17) is 0 Å². The van der Waals surface area contributed by atoms with Gasteiger partial charge in [0, 0.05) is 11.4 Å². The molecule has 35 heavy (non-hydrogen) atoms. The summed E-state index contributed by atoms with van der Waals surface area (Å²) in [7, 11) is 0. The molecule has 6 nitrogen and oxygen atoms in total. The molecule has 0 N–H and O–H groups in total. The second-order valence-corrected chi connectivity index (χ2v) is 8.69. The Morgan fingerprint density at radius 2 is 1.57 bits per heavy atom. The third-order valence-corrected chi connectivity index (χ3v) is 6.41. The van der Waals surface area contributed by atoms with E-state index < -0.39 is 11.7 Å². The Kier molecular flexibility index (Phi) is 6.12. The molecule has 0 saturated carbocycles. The van der Waals surface area contributed by atoms with Crippen molar-refractivity contribution >= 4 is 22.7 Å². The summed E-state index contributed by atoms with van der Waals surface area (Å²) in [6.45, 7) is 0.152. The minimum atomic E-state index is -4.37. The van der Waals surface area contributed by atoms with Crippen molar-refractivity contribution in [2.45, 2.75) is 23.6 Å². The van der Waals surface area contributed by atoms with E-state index in [9.17, 15) is 18.0 Å². The van der Waals surface area contributed by atoms with Crippen LogP contribution in [0.3, 0.4) is 0 Å². The Morgan fingerprint density at radius 3 is 2.31 bits per heavy atom. The molecular formula is C25H18F3N5OS. The van der Waals surface area contributed by atoms with Crippen LogP contribution in [-0.4, -0.2) is 24.3 Å². The van der Waals surface area contributed by atoms with Crippen molar-refractivity contribution in [2.24, 2.45) is 0 Å². The number of alkyl halides is 3. The lowest BCUT2D eigenvalue weighted by Crippen LogP contribution is -2.22. The van der Waals surface area contributed by atoms with Crippen LogP contribution < -0.4 is 5.56 Å². The first-order valence-corrected chi connectivity index (χ1v) is 11.6. The first-order chi connectivity index (χ1) is 16.9. The predicted molar refractivity (Wildman–Crippen MR) is 127 cm³/mol. The topological polar surface area (TPSA) is 65.6 Å². The van der Waals surface area contributed by atoms with E-state index in [-0.39, 0.29) is 12.1 Å². The molecule has 0 aliphatic carbocycles. The van der Waals surface area contributed by atoms with E-state index in [2.05, 4.69) is 15.2 Å². The van der Waals surface area contributed by atoms with Gasteiger partial charge in [-0.25, -0.2) is 4.98 Å². The molecule has 0 amide bonds. The van der Waals surface area contributed by atoms with Crippen molar-refractivity contribution < 1.29 is 13.2 Å². The predicted octanol–water partition coefficient (Wildman–Crippen LogP) is 5.34. The first-order valence-electron chi connectivity index (χ1n) is 10.6. The number of aromatic nitrogens is 5. The molecule has 0 radical (unpaired) electrons. The lowest BCUT2D eigenvalue weighted by Gasteiger charge is -2.12. The summed E-state index contributed by atoms with van der Waals surface area (Å²) in [4.78, 5) is 17.3. The maximum atomic E-state index is 13.0. The summed E-state index contributed by atoms with van der Waals surface area (Å²) in [5.74, 6) is 0.936. The van der Waals surface area contributed by atoms with Gasteiger partial charge < -0.3 is 0 Å². The third kappa shape index (κ3) is 4.83. The molecule has 0 unspecified atom stereocenters. The van der Waals surface area contributed by atoms with Gasteiger partial charge in [-0.05, 0) is 42.0 Å². The van der Waals surface area contributed by atoms with Gasteiger partial charge in [-0.3, -0.25) is 13.9 Å². The summed E-state index contributed by atoms with van der Waals surface area (Å²) in [5, 5.41) is 9.71. The molecule has 0 bridgehead atoms. The molecule has 0 atom stereocenters. The van der Waals surface area contributed by atoms with Crippen molar-refractivity contribution in [3.8, 4) is 5.69 Å². The minimum Gasteiger partial charge on any atom is -0.291 e. The molecule has 0 spiro atoms. The molecule has 2 heterocycles. The van der Waals surface area contributed by atoms with Gasteiger partial charge in [0.1, 0.15) is 0 Å². The number of hydrogen-bond acceptors (Lipinski definition) is 5. The SMILES string of the molecule is O=c1c2ccccc2ncn1Cc1nnc(SCc2ccc(C(F)(F)F)cc2)n1-c1ccccc1. The van der Waals surface area contributed by atoms with Gasteiger partial charge in [-0.15, -0.1) is 10.2 Å².